The molecule has 1 saturated heterocycles. The molecule has 152 valence electrons. The first-order valence-electron chi connectivity index (χ1n) is 9.44. The molecule has 1 heterocycles. The van der Waals surface area contributed by atoms with Crippen molar-refractivity contribution < 1.29 is 14.3 Å². The highest BCUT2D eigenvalue weighted by atomic mass is 127. The molecule has 0 aliphatic carbocycles. The molecule has 0 radical (unpaired) electrons. The van der Waals surface area contributed by atoms with Crippen LogP contribution in [0.3, 0.4) is 0 Å². The van der Waals surface area contributed by atoms with Crippen LogP contribution in [-0.2, 0) is 27.4 Å². The van der Waals surface area contributed by atoms with Crippen molar-refractivity contribution >= 4 is 35.9 Å². The molecule has 1 aliphatic heterocycles. The molecule has 0 saturated carbocycles. The molecule has 1 aromatic carbocycles. The second kappa shape index (κ2) is 12.9. The standard InChI is InChI=1S/C20H31N3O3.HI/c1-4-21-20(22-13-16-8-6-9-17(12-16)15-25-3)23-11-7-10-18(14-23)19(24)26-5-2;/h6,8-9,12,18H,4-5,7,10-11,13-15H2,1-3H3,(H,21,22);1H. The predicted molar refractivity (Wildman–Crippen MR) is 118 cm³/mol. The average Bonchev–Trinajstić information content (AvgIpc) is 2.66. The number of carbonyl (C=O) groups excluding carboxylic acids is 1. The van der Waals surface area contributed by atoms with Crippen molar-refractivity contribution in [2.45, 2.75) is 39.8 Å². The Balaban J connectivity index is 0.00000364. The van der Waals surface area contributed by atoms with E-state index in [2.05, 4.69) is 35.3 Å². The van der Waals surface area contributed by atoms with Gasteiger partial charge in [0.1, 0.15) is 0 Å². The summed E-state index contributed by atoms with van der Waals surface area (Å²) in [4.78, 5) is 19.0. The molecule has 0 bridgehead atoms. The van der Waals surface area contributed by atoms with Gasteiger partial charge in [0.25, 0.3) is 0 Å². The lowest BCUT2D eigenvalue weighted by atomic mass is 9.98. The summed E-state index contributed by atoms with van der Waals surface area (Å²) in [5.74, 6) is 0.691. The maximum atomic E-state index is 12.1. The van der Waals surface area contributed by atoms with E-state index >= 15 is 0 Å². The van der Waals surface area contributed by atoms with E-state index < -0.39 is 0 Å². The van der Waals surface area contributed by atoms with Crippen molar-refractivity contribution in [1.82, 2.24) is 10.2 Å². The Labute approximate surface area is 179 Å². The average molecular weight is 489 g/mol. The number of aliphatic imine (C=N–C) groups is 1. The van der Waals surface area contributed by atoms with Crippen LogP contribution in [0, 0.1) is 5.92 Å². The van der Waals surface area contributed by atoms with Gasteiger partial charge in [-0.05, 0) is 37.8 Å². The Morgan fingerprint density at radius 2 is 2.11 bits per heavy atom. The summed E-state index contributed by atoms with van der Waals surface area (Å²) in [6, 6.07) is 8.28. The molecule has 1 fully saturated rings. The van der Waals surface area contributed by atoms with Gasteiger partial charge in [0.15, 0.2) is 5.96 Å². The maximum Gasteiger partial charge on any atom is 0.310 e. The maximum absolute atomic E-state index is 12.1. The van der Waals surface area contributed by atoms with Gasteiger partial charge in [-0.15, -0.1) is 24.0 Å². The Bertz CT molecular complexity index is 610. The fraction of sp³-hybridized carbons (Fsp3) is 0.600. The molecule has 1 aromatic rings. The van der Waals surface area contributed by atoms with E-state index in [1.54, 1.807) is 7.11 Å². The molecule has 6 nitrogen and oxygen atoms in total. The summed E-state index contributed by atoms with van der Waals surface area (Å²) in [6.07, 6.45) is 1.85. The van der Waals surface area contributed by atoms with Crippen LogP contribution in [0.1, 0.15) is 37.8 Å². The van der Waals surface area contributed by atoms with Crippen molar-refractivity contribution in [3.05, 3.63) is 35.4 Å². The largest absolute Gasteiger partial charge is 0.466 e. The third kappa shape index (κ3) is 7.65. The van der Waals surface area contributed by atoms with E-state index in [0.29, 0.717) is 26.3 Å². The topological polar surface area (TPSA) is 63.2 Å². The van der Waals surface area contributed by atoms with Gasteiger partial charge in [-0.1, -0.05) is 24.3 Å². The van der Waals surface area contributed by atoms with Crippen LogP contribution in [0.2, 0.25) is 0 Å². The van der Waals surface area contributed by atoms with Gasteiger partial charge < -0.3 is 19.7 Å². The number of guanidine groups is 1. The number of esters is 1. The number of piperidine rings is 1. The molecule has 0 aromatic heterocycles. The van der Waals surface area contributed by atoms with Crippen molar-refractivity contribution in [2.24, 2.45) is 10.9 Å². The van der Waals surface area contributed by atoms with Crippen LogP contribution in [-0.4, -0.2) is 50.2 Å². The van der Waals surface area contributed by atoms with Crippen LogP contribution >= 0.6 is 24.0 Å². The normalized spacial score (nSPS) is 17.2. The molecular formula is C20H32IN3O3. The minimum Gasteiger partial charge on any atom is -0.466 e. The predicted octanol–water partition coefficient (Wildman–Crippen LogP) is 3.19. The number of hydrogen-bond donors (Lipinski definition) is 1. The lowest BCUT2D eigenvalue weighted by Gasteiger charge is -2.34. The van der Waals surface area contributed by atoms with Gasteiger partial charge in [0, 0.05) is 26.7 Å². The van der Waals surface area contributed by atoms with Gasteiger partial charge >= 0.3 is 5.97 Å². The summed E-state index contributed by atoms with van der Waals surface area (Å²) >= 11 is 0. The zero-order valence-electron chi connectivity index (χ0n) is 16.6. The summed E-state index contributed by atoms with van der Waals surface area (Å²) < 4.78 is 10.4. The van der Waals surface area contributed by atoms with Crippen molar-refractivity contribution in [3.8, 4) is 0 Å². The van der Waals surface area contributed by atoms with Crippen molar-refractivity contribution in [3.63, 3.8) is 0 Å². The second-order valence-electron chi connectivity index (χ2n) is 6.46. The number of halogens is 1. The van der Waals surface area contributed by atoms with Crippen LogP contribution in [0.4, 0.5) is 0 Å². The molecule has 2 rings (SSSR count). The lowest BCUT2D eigenvalue weighted by molar-refractivity contribution is -0.149. The number of hydrogen-bond acceptors (Lipinski definition) is 4. The minimum absolute atomic E-state index is 0. The molecule has 0 amide bonds. The monoisotopic (exact) mass is 489 g/mol. The number of benzene rings is 1. The number of methoxy groups -OCH3 is 1. The smallest absolute Gasteiger partial charge is 0.310 e. The van der Waals surface area contributed by atoms with Gasteiger partial charge in [-0.3, -0.25) is 4.79 Å². The lowest BCUT2D eigenvalue weighted by Crippen LogP contribution is -2.48. The highest BCUT2D eigenvalue weighted by Crippen LogP contribution is 2.18. The minimum atomic E-state index is -0.0969. The first-order valence-corrected chi connectivity index (χ1v) is 9.44. The highest BCUT2D eigenvalue weighted by molar-refractivity contribution is 14.0. The Morgan fingerprint density at radius 1 is 1.33 bits per heavy atom. The van der Waals surface area contributed by atoms with Crippen LogP contribution < -0.4 is 5.32 Å². The molecule has 0 spiro atoms. The van der Waals surface area contributed by atoms with E-state index in [1.165, 1.54) is 0 Å². The Kier molecular flexibility index (Phi) is 11.3. The Morgan fingerprint density at radius 3 is 2.81 bits per heavy atom. The quantitative estimate of drug-likeness (QED) is 0.276. The second-order valence-corrected chi connectivity index (χ2v) is 6.46. The molecule has 1 aliphatic rings. The van der Waals surface area contributed by atoms with Gasteiger partial charge in [0.05, 0.1) is 25.7 Å². The van der Waals surface area contributed by atoms with E-state index in [1.807, 2.05) is 13.0 Å². The molecule has 1 unspecified atom stereocenters. The number of carbonyl (C=O) groups is 1. The van der Waals surface area contributed by atoms with Gasteiger partial charge in [-0.2, -0.15) is 0 Å². The summed E-state index contributed by atoms with van der Waals surface area (Å²) in [5.41, 5.74) is 2.29. The van der Waals surface area contributed by atoms with Crippen molar-refractivity contribution in [1.29, 1.82) is 0 Å². The molecule has 1 N–H and O–H groups in total. The van der Waals surface area contributed by atoms with Crippen molar-refractivity contribution in [2.75, 3.05) is 33.4 Å². The van der Waals surface area contributed by atoms with E-state index in [9.17, 15) is 4.79 Å². The zero-order valence-corrected chi connectivity index (χ0v) is 18.9. The Hall–Kier alpha value is -1.35. The van der Waals surface area contributed by atoms with E-state index in [-0.39, 0.29) is 35.9 Å². The molecule has 1 atom stereocenters. The van der Waals surface area contributed by atoms with Crippen LogP contribution in [0.5, 0.6) is 0 Å². The molecule has 27 heavy (non-hydrogen) atoms. The number of nitrogens with one attached hydrogen (secondary N) is 1. The van der Waals surface area contributed by atoms with Gasteiger partial charge in [-0.25, -0.2) is 4.99 Å². The number of rotatable bonds is 7. The fourth-order valence-electron chi connectivity index (χ4n) is 3.20. The molecular weight excluding hydrogens is 457 g/mol. The number of likely N-dealkylation sites (tertiary alicyclic amines) is 1. The van der Waals surface area contributed by atoms with Crippen LogP contribution in [0.25, 0.3) is 0 Å². The summed E-state index contributed by atoms with van der Waals surface area (Å²) in [5, 5.41) is 3.35. The third-order valence-electron chi connectivity index (χ3n) is 4.39. The molecule has 7 heteroatoms. The third-order valence-corrected chi connectivity index (χ3v) is 4.39. The zero-order chi connectivity index (χ0) is 18.8. The summed E-state index contributed by atoms with van der Waals surface area (Å²) in [7, 11) is 1.70. The van der Waals surface area contributed by atoms with Gasteiger partial charge in [0.2, 0.25) is 0 Å². The SMILES string of the molecule is CCNC(=NCc1cccc(COC)c1)N1CCCC(C(=O)OCC)C1.I. The first-order chi connectivity index (χ1) is 12.7. The van der Waals surface area contributed by atoms with E-state index in [4.69, 9.17) is 14.5 Å². The summed E-state index contributed by atoms with van der Waals surface area (Å²) in [6.45, 7) is 7.90. The van der Waals surface area contributed by atoms with E-state index in [0.717, 1.165) is 43.0 Å². The number of nitrogens with zero attached hydrogens (tertiary/aromatic N) is 2. The first kappa shape index (κ1) is 23.7. The number of ether oxygens (including phenoxy) is 2. The fourth-order valence-corrected chi connectivity index (χ4v) is 3.20. The highest BCUT2D eigenvalue weighted by Gasteiger charge is 2.28. The van der Waals surface area contributed by atoms with Crippen LogP contribution in [0.15, 0.2) is 29.3 Å².